The van der Waals surface area contributed by atoms with Gasteiger partial charge in [-0.2, -0.15) is 5.26 Å². The van der Waals surface area contributed by atoms with Crippen LogP contribution in [0, 0.1) is 32.1 Å². The van der Waals surface area contributed by atoms with Crippen LogP contribution in [0.15, 0.2) is 97.3 Å². The van der Waals surface area contributed by atoms with Crippen molar-refractivity contribution in [2.45, 2.75) is 78.7 Å². The number of aryl methyl sites for hydroxylation is 1. The molecule has 0 saturated carbocycles. The SMILES string of the molecule is Cc1cc(CN2CCCC[C@H]2C(=O)O)c(OCc2cncc(C#N)c2)cc1OCc1cccc(-c2cccc(OCCCN(C)CCc3ccccc3)c2C)c1C. The summed E-state index contributed by atoms with van der Waals surface area (Å²) in [6.45, 7) is 10.6. The fourth-order valence-electron chi connectivity index (χ4n) is 7.55. The molecule has 6 rings (SSSR count). The maximum Gasteiger partial charge on any atom is 0.320 e. The topological polar surface area (TPSA) is 108 Å². The Kier molecular flexibility index (Phi) is 14.3. The fourth-order valence-corrected chi connectivity index (χ4v) is 7.55. The third-order valence-electron chi connectivity index (χ3n) is 10.9. The van der Waals surface area contributed by atoms with E-state index >= 15 is 0 Å². The molecule has 5 aromatic rings. The molecule has 0 spiro atoms. The predicted molar refractivity (Wildman–Crippen MR) is 224 cm³/mol. The number of piperidine rings is 1. The van der Waals surface area contributed by atoms with Gasteiger partial charge < -0.3 is 24.2 Å². The fraction of sp³-hybridized carbons (Fsp3) is 0.354. The number of carbonyl (C=O) groups is 1. The van der Waals surface area contributed by atoms with Gasteiger partial charge in [0.2, 0.25) is 0 Å². The number of likely N-dealkylation sites (tertiary alicyclic amines) is 1. The summed E-state index contributed by atoms with van der Waals surface area (Å²) in [6.07, 6.45) is 7.67. The number of aliphatic carboxylic acids is 1. The molecule has 9 heteroatoms. The van der Waals surface area contributed by atoms with E-state index in [0.29, 0.717) is 49.8 Å². The number of nitrogens with zero attached hydrogens (tertiary/aromatic N) is 4. The first-order chi connectivity index (χ1) is 27.7. The first-order valence-electron chi connectivity index (χ1n) is 19.9. The van der Waals surface area contributed by atoms with Gasteiger partial charge in [0.15, 0.2) is 0 Å². The molecule has 0 unspecified atom stereocenters. The molecule has 0 radical (unpaired) electrons. The summed E-state index contributed by atoms with van der Waals surface area (Å²) in [6, 6.07) is 30.5. The summed E-state index contributed by atoms with van der Waals surface area (Å²) in [7, 11) is 2.17. The summed E-state index contributed by atoms with van der Waals surface area (Å²) in [5.41, 5.74) is 10.0. The Morgan fingerprint density at radius 3 is 2.39 bits per heavy atom. The zero-order valence-corrected chi connectivity index (χ0v) is 33.7. The van der Waals surface area contributed by atoms with E-state index in [4.69, 9.17) is 14.2 Å². The average Bonchev–Trinajstić information content (AvgIpc) is 3.22. The molecule has 296 valence electrons. The summed E-state index contributed by atoms with van der Waals surface area (Å²) < 4.78 is 19.3. The molecule has 2 heterocycles. The lowest BCUT2D eigenvalue weighted by molar-refractivity contribution is -0.144. The zero-order chi connectivity index (χ0) is 40.1. The first kappa shape index (κ1) is 41.0. The van der Waals surface area contributed by atoms with E-state index < -0.39 is 12.0 Å². The van der Waals surface area contributed by atoms with Crippen LogP contribution in [0.4, 0.5) is 0 Å². The molecule has 1 saturated heterocycles. The maximum atomic E-state index is 12.1. The molecule has 1 fully saturated rings. The lowest BCUT2D eigenvalue weighted by atomic mass is 9.93. The monoisotopic (exact) mass is 766 g/mol. The number of pyridine rings is 1. The average molecular weight is 767 g/mol. The highest BCUT2D eigenvalue weighted by atomic mass is 16.5. The van der Waals surface area contributed by atoms with Crippen molar-refractivity contribution in [3.05, 3.63) is 142 Å². The van der Waals surface area contributed by atoms with Crippen molar-refractivity contribution in [3.8, 4) is 34.4 Å². The van der Waals surface area contributed by atoms with Crippen molar-refractivity contribution < 1.29 is 24.1 Å². The van der Waals surface area contributed by atoms with E-state index in [1.807, 2.05) is 24.0 Å². The summed E-state index contributed by atoms with van der Waals surface area (Å²) in [5.74, 6) is 1.41. The van der Waals surface area contributed by atoms with Gasteiger partial charge in [-0.3, -0.25) is 14.7 Å². The Labute approximate surface area is 337 Å². The normalized spacial score (nSPS) is 14.3. The Bertz CT molecular complexity index is 2160. The van der Waals surface area contributed by atoms with E-state index in [-0.39, 0.29) is 6.61 Å². The van der Waals surface area contributed by atoms with Gasteiger partial charge in [0.1, 0.15) is 42.6 Å². The second-order valence-corrected chi connectivity index (χ2v) is 15.1. The molecule has 0 bridgehead atoms. The molecule has 1 atom stereocenters. The molecule has 0 amide bonds. The molecule has 0 aliphatic carbocycles. The van der Waals surface area contributed by atoms with Crippen LogP contribution in [-0.4, -0.2) is 65.2 Å². The Morgan fingerprint density at radius 2 is 1.60 bits per heavy atom. The molecule has 9 nitrogen and oxygen atoms in total. The van der Waals surface area contributed by atoms with Gasteiger partial charge in [-0.25, -0.2) is 0 Å². The standard InChI is InChI=1S/C48H54N4O5/c1-34-25-41(31-52-22-9-8-18-44(52)48(53)54)47(56-32-39-26-38(28-49)29-50-30-39)27-46(34)57-33-40-15-10-16-42(35(40)2)43-17-11-19-45(36(43)3)55-24-12-21-51(4)23-20-37-13-6-5-7-14-37/h5-7,10-11,13-17,19,25-27,29-30,44H,8-9,12,18,20-24,31-33H2,1-4H3,(H,53,54)/t44-/m0/s1. The number of benzene rings is 4. The van der Waals surface area contributed by atoms with E-state index in [1.165, 1.54) is 11.8 Å². The quantitative estimate of drug-likeness (QED) is 0.0874. The van der Waals surface area contributed by atoms with Crippen molar-refractivity contribution in [1.82, 2.24) is 14.8 Å². The van der Waals surface area contributed by atoms with Gasteiger partial charge in [-0.05, 0) is 117 Å². The van der Waals surface area contributed by atoms with Gasteiger partial charge >= 0.3 is 5.97 Å². The third kappa shape index (κ3) is 11.0. The van der Waals surface area contributed by atoms with Crippen LogP contribution in [0.3, 0.4) is 0 Å². The number of rotatable bonds is 18. The first-order valence-corrected chi connectivity index (χ1v) is 19.9. The predicted octanol–water partition coefficient (Wildman–Crippen LogP) is 9.09. The molecule has 4 aromatic carbocycles. The van der Waals surface area contributed by atoms with Crippen molar-refractivity contribution in [2.24, 2.45) is 0 Å². The van der Waals surface area contributed by atoms with Gasteiger partial charge in [0.25, 0.3) is 0 Å². The second-order valence-electron chi connectivity index (χ2n) is 15.1. The highest BCUT2D eigenvalue weighted by Gasteiger charge is 2.29. The number of aromatic nitrogens is 1. The van der Waals surface area contributed by atoms with E-state index in [1.54, 1.807) is 12.3 Å². The van der Waals surface area contributed by atoms with Gasteiger partial charge in [0.05, 0.1) is 12.2 Å². The molecule has 1 aromatic heterocycles. The molecule has 1 aliphatic heterocycles. The van der Waals surface area contributed by atoms with Crippen LogP contribution < -0.4 is 14.2 Å². The van der Waals surface area contributed by atoms with E-state index in [2.05, 4.69) is 104 Å². The Morgan fingerprint density at radius 1 is 0.825 bits per heavy atom. The van der Waals surface area contributed by atoms with E-state index in [9.17, 15) is 15.2 Å². The van der Waals surface area contributed by atoms with Gasteiger partial charge in [-0.1, -0.05) is 67.1 Å². The molecular weight excluding hydrogens is 713 g/mol. The van der Waals surface area contributed by atoms with Crippen molar-refractivity contribution in [1.29, 1.82) is 5.26 Å². The van der Waals surface area contributed by atoms with E-state index in [0.717, 1.165) is 89.0 Å². The smallest absolute Gasteiger partial charge is 0.320 e. The largest absolute Gasteiger partial charge is 0.493 e. The molecular formula is C48H54N4O5. The number of ether oxygens (including phenoxy) is 3. The number of nitriles is 1. The van der Waals surface area contributed by atoms with Crippen LogP contribution in [-0.2, 0) is 31.0 Å². The zero-order valence-electron chi connectivity index (χ0n) is 33.7. The summed E-state index contributed by atoms with van der Waals surface area (Å²) in [4.78, 5) is 20.7. The number of likely N-dealkylation sites (N-methyl/N-ethyl adjacent to an activating group) is 1. The van der Waals surface area contributed by atoms with Crippen LogP contribution in [0.2, 0.25) is 0 Å². The van der Waals surface area contributed by atoms with Gasteiger partial charge in [-0.15, -0.1) is 0 Å². The Hall–Kier alpha value is -5.69. The van der Waals surface area contributed by atoms with Crippen LogP contribution in [0.1, 0.15) is 70.2 Å². The summed E-state index contributed by atoms with van der Waals surface area (Å²) >= 11 is 0. The minimum Gasteiger partial charge on any atom is -0.493 e. The number of hydrogen-bond donors (Lipinski definition) is 1. The van der Waals surface area contributed by atoms with Gasteiger partial charge in [0, 0.05) is 49.2 Å². The number of hydrogen-bond acceptors (Lipinski definition) is 8. The lowest BCUT2D eigenvalue weighted by Gasteiger charge is -2.33. The lowest BCUT2D eigenvalue weighted by Crippen LogP contribution is -2.44. The van der Waals surface area contributed by atoms with Crippen LogP contribution in [0.25, 0.3) is 11.1 Å². The second kappa shape index (κ2) is 19.9. The maximum absolute atomic E-state index is 12.1. The number of carboxylic acid groups (broad SMARTS) is 1. The highest BCUT2D eigenvalue weighted by Crippen LogP contribution is 2.36. The number of carboxylic acids is 1. The minimum absolute atomic E-state index is 0.204. The van der Waals surface area contributed by atoms with Crippen LogP contribution >= 0.6 is 0 Å². The molecule has 1 N–H and O–H groups in total. The van der Waals surface area contributed by atoms with Crippen molar-refractivity contribution in [2.75, 3.05) is 33.3 Å². The van der Waals surface area contributed by atoms with Crippen molar-refractivity contribution >= 4 is 5.97 Å². The third-order valence-corrected chi connectivity index (χ3v) is 10.9. The molecule has 57 heavy (non-hydrogen) atoms. The minimum atomic E-state index is -0.797. The van der Waals surface area contributed by atoms with Crippen molar-refractivity contribution in [3.63, 3.8) is 0 Å². The van der Waals surface area contributed by atoms with Crippen LogP contribution in [0.5, 0.6) is 17.2 Å². The summed E-state index contributed by atoms with van der Waals surface area (Å²) in [5, 5.41) is 19.3. The molecule has 1 aliphatic rings. The Balaban J connectivity index is 1.14. The highest BCUT2D eigenvalue weighted by molar-refractivity contribution is 5.74.